The molecule has 3 aromatic rings. The van der Waals surface area contributed by atoms with Crippen LogP contribution in [0.4, 0.5) is 5.13 Å². The van der Waals surface area contributed by atoms with Crippen LogP contribution in [0, 0.1) is 0 Å². The van der Waals surface area contributed by atoms with Gasteiger partial charge < -0.3 is 5.73 Å². The van der Waals surface area contributed by atoms with Gasteiger partial charge in [0.2, 0.25) is 0 Å². The highest BCUT2D eigenvalue weighted by molar-refractivity contribution is 7.15. The highest BCUT2D eigenvalue weighted by Gasteiger charge is 2.11. The molecule has 0 aliphatic carbocycles. The van der Waals surface area contributed by atoms with E-state index in [2.05, 4.69) is 27.1 Å². The van der Waals surface area contributed by atoms with E-state index < -0.39 is 0 Å². The second kappa shape index (κ2) is 7.12. The third-order valence-corrected chi connectivity index (χ3v) is 4.50. The number of rotatable bonds is 6. The van der Waals surface area contributed by atoms with Gasteiger partial charge in [-0.25, -0.2) is 4.98 Å². The number of nitrogen functional groups attached to an aromatic ring is 1. The van der Waals surface area contributed by atoms with Crippen molar-refractivity contribution in [1.29, 1.82) is 0 Å². The molecule has 0 unspecified atom stereocenters. The first kappa shape index (κ1) is 16.0. The Hall–Kier alpha value is -1.89. The summed E-state index contributed by atoms with van der Waals surface area (Å²) in [7, 11) is 1.93. The quantitative estimate of drug-likeness (QED) is 0.743. The summed E-state index contributed by atoms with van der Waals surface area (Å²) in [6.07, 6.45) is 5.78. The van der Waals surface area contributed by atoms with Gasteiger partial charge in [-0.15, -0.1) is 11.3 Å². The number of hydrogen-bond acceptors (Lipinski definition) is 5. The summed E-state index contributed by atoms with van der Waals surface area (Å²) in [6.45, 7) is 2.44. The highest BCUT2D eigenvalue weighted by Crippen LogP contribution is 2.20. The van der Waals surface area contributed by atoms with Crippen molar-refractivity contribution in [2.24, 2.45) is 7.05 Å². The van der Waals surface area contributed by atoms with Gasteiger partial charge in [-0.05, 0) is 17.7 Å². The molecule has 0 aliphatic rings. The Kier molecular flexibility index (Phi) is 4.95. The molecule has 0 bridgehead atoms. The molecule has 0 saturated heterocycles. The third kappa shape index (κ3) is 4.54. The molecule has 23 heavy (non-hydrogen) atoms. The van der Waals surface area contributed by atoms with E-state index in [1.807, 2.05) is 42.5 Å². The number of benzene rings is 1. The summed E-state index contributed by atoms with van der Waals surface area (Å²) < 4.78 is 1.82. The van der Waals surface area contributed by atoms with Crippen molar-refractivity contribution in [3.63, 3.8) is 0 Å². The molecule has 2 aromatic heterocycles. The SMILES string of the molecule is Cn1cc(CN(Cc2ccc(Cl)cc2)Cc2cnc(N)s2)cn1. The summed E-state index contributed by atoms with van der Waals surface area (Å²) in [5, 5.41) is 5.60. The van der Waals surface area contributed by atoms with Crippen LogP contribution >= 0.6 is 22.9 Å². The zero-order valence-electron chi connectivity index (χ0n) is 12.8. The van der Waals surface area contributed by atoms with E-state index >= 15 is 0 Å². The Morgan fingerprint density at radius 3 is 2.48 bits per heavy atom. The van der Waals surface area contributed by atoms with Crippen LogP contribution in [0.2, 0.25) is 5.02 Å². The molecule has 1 aromatic carbocycles. The fraction of sp³-hybridized carbons (Fsp3) is 0.250. The fourth-order valence-electron chi connectivity index (χ4n) is 2.44. The molecule has 2 N–H and O–H groups in total. The van der Waals surface area contributed by atoms with Crippen molar-refractivity contribution in [1.82, 2.24) is 19.7 Å². The lowest BCUT2D eigenvalue weighted by Crippen LogP contribution is -2.21. The summed E-state index contributed by atoms with van der Waals surface area (Å²) in [6, 6.07) is 7.95. The van der Waals surface area contributed by atoms with Crippen molar-refractivity contribution in [3.05, 3.63) is 63.9 Å². The van der Waals surface area contributed by atoms with Crippen molar-refractivity contribution >= 4 is 28.1 Å². The first-order valence-corrected chi connectivity index (χ1v) is 8.42. The molecule has 0 amide bonds. The Morgan fingerprint density at radius 2 is 1.87 bits per heavy atom. The smallest absolute Gasteiger partial charge is 0.180 e. The van der Waals surface area contributed by atoms with Gasteiger partial charge in [0, 0.05) is 54.5 Å². The van der Waals surface area contributed by atoms with Gasteiger partial charge in [-0.3, -0.25) is 9.58 Å². The first-order chi connectivity index (χ1) is 11.1. The number of halogens is 1. The maximum absolute atomic E-state index is 5.97. The summed E-state index contributed by atoms with van der Waals surface area (Å²) >= 11 is 7.50. The van der Waals surface area contributed by atoms with Crippen molar-refractivity contribution in [2.45, 2.75) is 19.6 Å². The monoisotopic (exact) mass is 347 g/mol. The molecular formula is C16H18ClN5S. The van der Waals surface area contributed by atoms with Crippen LogP contribution in [0.5, 0.6) is 0 Å². The molecule has 120 valence electrons. The van der Waals surface area contributed by atoms with Crippen LogP contribution < -0.4 is 5.73 Å². The molecular weight excluding hydrogens is 330 g/mol. The molecule has 0 fully saturated rings. The number of nitrogens with zero attached hydrogens (tertiary/aromatic N) is 4. The lowest BCUT2D eigenvalue weighted by atomic mass is 10.2. The van der Waals surface area contributed by atoms with Crippen LogP contribution in [0.1, 0.15) is 16.0 Å². The van der Waals surface area contributed by atoms with E-state index in [1.54, 1.807) is 0 Å². The predicted molar refractivity (Wildman–Crippen MR) is 94.1 cm³/mol. The van der Waals surface area contributed by atoms with E-state index in [-0.39, 0.29) is 0 Å². The molecule has 2 heterocycles. The van der Waals surface area contributed by atoms with Gasteiger partial charge in [0.1, 0.15) is 0 Å². The lowest BCUT2D eigenvalue weighted by Gasteiger charge is -2.21. The molecule has 7 heteroatoms. The van der Waals surface area contributed by atoms with Crippen LogP contribution in [-0.4, -0.2) is 19.7 Å². The van der Waals surface area contributed by atoms with Crippen LogP contribution in [0.15, 0.2) is 42.9 Å². The van der Waals surface area contributed by atoms with Gasteiger partial charge >= 0.3 is 0 Å². The summed E-state index contributed by atoms with van der Waals surface area (Å²) in [5.74, 6) is 0. The normalized spacial score (nSPS) is 11.3. The van der Waals surface area contributed by atoms with E-state index in [4.69, 9.17) is 17.3 Å². The van der Waals surface area contributed by atoms with E-state index in [0.29, 0.717) is 5.13 Å². The molecule has 3 rings (SSSR count). The van der Waals surface area contributed by atoms with E-state index in [0.717, 1.165) is 29.5 Å². The van der Waals surface area contributed by atoms with Gasteiger partial charge in [-0.1, -0.05) is 23.7 Å². The zero-order chi connectivity index (χ0) is 16.2. The maximum Gasteiger partial charge on any atom is 0.180 e. The summed E-state index contributed by atoms with van der Waals surface area (Å²) in [5.41, 5.74) is 8.14. The van der Waals surface area contributed by atoms with Crippen LogP contribution in [0.3, 0.4) is 0 Å². The Morgan fingerprint density at radius 1 is 1.13 bits per heavy atom. The summed E-state index contributed by atoms with van der Waals surface area (Å²) in [4.78, 5) is 7.63. The lowest BCUT2D eigenvalue weighted by molar-refractivity contribution is 0.250. The standard InChI is InChI=1S/C16H18ClN5S/c1-21-8-13(6-20-21)10-22(11-15-7-19-16(18)23-15)9-12-2-4-14(17)5-3-12/h2-8H,9-11H2,1H3,(H2,18,19). The maximum atomic E-state index is 5.97. The number of nitrogens with two attached hydrogens (primary N) is 1. The zero-order valence-corrected chi connectivity index (χ0v) is 14.4. The number of thiazole rings is 1. The Bertz CT molecular complexity index is 723. The van der Waals surface area contributed by atoms with E-state index in [9.17, 15) is 0 Å². The minimum Gasteiger partial charge on any atom is -0.375 e. The fourth-order valence-corrected chi connectivity index (χ4v) is 3.30. The number of aryl methyl sites for hydroxylation is 1. The molecule has 0 spiro atoms. The number of anilines is 1. The molecule has 0 aliphatic heterocycles. The minimum atomic E-state index is 0.604. The minimum absolute atomic E-state index is 0.604. The topological polar surface area (TPSA) is 60.0 Å². The molecule has 0 saturated carbocycles. The second-order valence-electron chi connectivity index (χ2n) is 5.46. The predicted octanol–water partition coefficient (Wildman–Crippen LogP) is 3.31. The number of aromatic nitrogens is 3. The Balaban J connectivity index is 1.75. The van der Waals surface area contributed by atoms with Gasteiger partial charge in [0.15, 0.2) is 5.13 Å². The van der Waals surface area contributed by atoms with E-state index in [1.165, 1.54) is 22.5 Å². The van der Waals surface area contributed by atoms with Gasteiger partial charge in [0.05, 0.1) is 6.20 Å². The van der Waals surface area contributed by atoms with Gasteiger partial charge in [-0.2, -0.15) is 5.10 Å². The average Bonchev–Trinajstić information content (AvgIpc) is 3.10. The highest BCUT2D eigenvalue weighted by atomic mass is 35.5. The first-order valence-electron chi connectivity index (χ1n) is 7.23. The van der Waals surface area contributed by atoms with Crippen molar-refractivity contribution < 1.29 is 0 Å². The largest absolute Gasteiger partial charge is 0.375 e. The number of hydrogen-bond donors (Lipinski definition) is 1. The van der Waals surface area contributed by atoms with Crippen LogP contribution in [-0.2, 0) is 26.7 Å². The molecule has 5 nitrogen and oxygen atoms in total. The molecule has 0 radical (unpaired) electrons. The van der Waals surface area contributed by atoms with Gasteiger partial charge in [0.25, 0.3) is 0 Å². The average molecular weight is 348 g/mol. The van der Waals surface area contributed by atoms with Crippen molar-refractivity contribution in [3.8, 4) is 0 Å². The van der Waals surface area contributed by atoms with Crippen LogP contribution in [0.25, 0.3) is 0 Å². The van der Waals surface area contributed by atoms with Crippen molar-refractivity contribution in [2.75, 3.05) is 5.73 Å². The molecule has 0 atom stereocenters. The second-order valence-corrected chi connectivity index (χ2v) is 7.04. The Labute approximate surface area is 144 Å². The third-order valence-electron chi connectivity index (χ3n) is 3.43.